The standard InChI is InChI=1S/C28H22N6O2/c1-36-22-11-9-19(10-12-22)26-14-24(23-6-2-3-7-25(23)32-26)28(35)31-20-15-29-34(17-20)18-21-16-33-13-5-4-8-27(33)30-21/h2-17H,18H2,1H3,(H,31,35). The first-order valence-corrected chi connectivity index (χ1v) is 11.5. The van der Waals surface area contributed by atoms with E-state index in [4.69, 9.17) is 9.72 Å². The topological polar surface area (TPSA) is 86.3 Å². The summed E-state index contributed by atoms with van der Waals surface area (Å²) in [4.78, 5) is 22.8. The number of nitrogens with one attached hydrogen (secondary N) is 1. The lowest BCUT2D eigenvalue weighted by Crippen LogP contribution is -2.12. The second-order valence-electron chi connectivity index (χ2n) is 8.38. The molecular formula is C28H22N6O2. The van der Waals surface area contributed by atoms with Gasteiger partial charge in [-0.05, 0) is 48.5 Å². The Labute approximate surface area is 206 Å². The van der Waals surface area contributed by atoms with Crippen molar-refractivity contribution in [3.05, 3.63) is 109 Å². The molecule has 0 aliphatic heterocycles. The monoisotopic (exact) mass is 474 g/mol. The summed E-state index contributed by atoms with van der Waals surface area (Å²) in [5, 5.41) is 8.17. The molecule has 0 atom stereocenters. The molecule has 1 amide bonds. The number of hydrogen-bond donors (Lipinski definition) is 1. The fourth-order valence-electron chi connectivity index (χ4n) is 4.22. The highest BCUT2D eigenvalue weighted by Gasteiger charge is 2.15. The van der Waals surface area contributed by atoms with Crippen LogP contribution >= 0.6 is 0 Å². The van der Waals surface area contributed by atoms with E-state index in [2.05, 4.69) is 15.4 Å². The Morgan fingerprint density at radius 1 is 0.972 bits per heavy atom. The Morgan fingerprint density at radius 2 is 1.81 bits per heavy atom. The first-order chi connectivity index (χ1) is 17.7. The minimum absolute atomic E-state index is 0.226. The van der Waals surface area contributed by atoms with Crippen molar-refractivity contribution in [2.75, 3.05) is 12.4 Å². The van der Waals surface area contributed by atoms with Gasteiger partial charge in [-0.25, -0.2) is 9.97 Å². The second kappa shape index (κ2) is 8.99. The summed E-state index contributed by atoms with van der Waals surface area (Å²) in [6, 6.07) is 22.9. The molecule has 0 saturated heterocycles. The molecule has 4 aromatic heterocycles. The quantitative estimate of drug-likeness (QED) is 0.365. The van der Waals surface area contributed by atoms with Crippen molar-refractivity contribution in [1.82, 2.24) is 24.1 Å². The zero-order valence-electron chi connectivity index (χ0n) is 19.5. The van der Waals surface area contributed by atoms with E-state index < -0.39 is 0 Å². The van der Waals surface area contributed by atoms with Gasteiger partial charge in [0.05, 0.1) is 48.0 Å². The number of imidazole rings is 1. The highest BCUT2D eigenvalue weighted by atomic mass is 16.5. The lowest BCUT2D eigenvalue weighted by Gasteiger charge is -2.10. The van der Waals surface area contributed by atoms with Crippen molar-refractivity contribution in [2.24, 2.45) is 0 Å². The van der Waals surface area contributed by atoms with Crippen LogP contribution < -0.4 is 10.1 Å². The first kappa shape index (κ1) is 21.5. The van der Waals surface area contributed by atoms with Gasteiger partial charge in [-0.3, -0.25) is 9.48 Å². The van der Waals surface area contributed by atoms with Crippen molar-refractivity contribution >= 4 is 28.1 Å². The molecule has 8 nitrogen and oxygen atoms in total. The van der Waals surface area contributed by atoms with Crippen LogP contribution in [0.1, 0.15) is 16.1 Å². The third-order valence-electron chi connectivity index (χ3n) is 5.98. The molecule has 6 aromatic rings. The third-order valence-corrected chi connectivity index (χ3v) is 5.98. The molecule has 0 fully saturated rings. The molecule has 36 heavy (non-hydrogen) atoms. The number of carbonyl (C=O) groups is 1. The number of para-hydroxylation sites is 1. The zero-order chi connectivity index (χ0) is 24.5. The minimum atomic E-state index is -0.226. The van der Waals surface area contributed by atoms with E-state index in [-0.39, 0.29) is 5.91 Å². The van der Waals surface area contributed by atoms with Gasteiger partial charge in [0.1, 0.15) is 11.4 Å². The summed E-state index contributed by atoms with van der Waals surface area (Å²) >= 11 is 0. The largest absolute Gasteiger partial charge is 0.497 e. The Balaban J connectivity index is 1.27. The average molecular weight is 475 g/mol. The predicted molar refractivity (Wildman–Crippen MR) is 138 cm³/mol. The summed E-state index contributed by atoms with van der Waals surface area (Å²) in [7, 11) is 1.63. The molecular weight excluding hydrogens is 452 g/mol. The molecule has 0 saturated carbocycles. The molecule has 0 aliphatic carbocycles. The van der Waals surface area contributed by atoms with Crippen molar-refractivity contribution in [3.8, 4) is 17.0 Å². The normalized spacial score (nSPS) is 11.1. The third kappa shape index (κ3) is 4.16. The van der Waals surface area contributed by atoms with E-state index in [1.54, 1.807) is 24.2 Å². The van der Waals surface area contributed by atoms with Gasteiger partial charge in [0, 0.05) is 29.5 Å². The molecule has 4 heterocycles. The fourth-order valence-corrected chi connectivity index (χ4v) is 4.22. The highest BCUT2D eigenvalue weighted by Crippen LogP contribution is 2.27. The van der Waals surface area contributed by atoms with Crippen LogP contribution in [0.15, 0.2) is 97.6 Å². The Kier molecular flexibility index (Phi) is 5.38. The second-order valence-corrected chi connectivity index (χ2v) is 8.38. The van der Waals surface area contributed by atoms with Crippen LogP contribution in [0.4, 0.5) is 5.69 Å². The van der Waals surface area contributed by atoms with E-state index in [9.17, 15) is 4.79 Å². The minimum Gasteiger partial charge on any atom is -0.497 e. The van der Waals surface area contributed by atoms with Crippen molar-refractivity contribution in [3.63, 3.8) is 0 Å². The number of fused-ring (bicyclic) bond motifs is 2. The van der Waals surface area contributed by atoms with Crippen LogP contribution in [0.3, 0.4) is 0 Å². The number of rotatable bonds is 6. The number of pyridine rings is 2. The van der Waals surface area contributed by atoms with Crippen LogP contribution in [0.2, 0.25) is 0 Å². The van der Waals surface area contributed by atoms with Gasteiger partial charge in [-0.15, -0.1) is 0 Å². The Morgan fingerprint density at radius 3 is 2.64 bits per heavy atom. The number of carbonyl (C=O) groups excluding carboxylic acids is 1. The highest BCUT2D eigenvalue weighted by molar-refractivity contribution is 6.13. The van der Waals surface area contributed by atoms with Crippen molar-refractivity contribution < 1.29 is 9.53 Å². The molecule has 0 aliphatic rings. The van der Waals surface area contributed by atoms with E-state index in [0.29, 0.717) is 23.5 Å². The lowest BCUT2D eigenvalue weighted by molar-refractivity contribution is 0.102. The Hall–Kier alpha value is -4.98. The molecule has 0 unspecified atom stereocenters. The summed E-state index contributed by atoms with van der Waals surface area (Å²) < 4.78 is 8.98. The number of amides is 1. The van der Waals surface area contributed by atoms with E-state index in [1.165, 1.54) is 0 Å². The Bertz CT molecular complexity index is 1670. The van der Waals surface area contributed by atoms with Gasteiger partial charge in [0.2, 0.25) is 0 Å². The van der Waals surface area contributed by atoms with Gasteiger partial charge < -0.3 is 14.5 Å². The van der Waals surface area contributed by atoms with Crippen LogP contribution in [0.25, 0.3) is 27.8 Å². The van der Waals surface area contributed by atoms with Crippen molar-refractivity contribution in [2.45, 2.75) is 6.54 Å². The number of benzene rings is 2. The van der Waals surface area contributed by atoms with Crippen LogP contribution in [0.5, 0.6) is 5.75 Å². The molecule has 176 valence electrons. The average Bonchev–Trinajstić information content (AvgIpc) is 3.54. The number of anilines is 1. The number of aromatic nitrogens is 5. The molecule has 1 N–H and O–H groups in total. The maximum absolute atomic E-state index is 13.4. The maximum Gasteiger partial charge on any atom is 0.256 e. The smallest absolute Gasteiger partial charge is 0.256 e. The van der Waals surface area contributed by atoms with Gasteiger partial charge in [-0.1, -0.05) is 24.3 Å². The molecule has 2 aromatic carbocycles. The molecule has 0 spiro atoms. The SMILES string of the molecule is COc1ccc(-c2cc(C(=O)Nc3cnn(Cc4cn5ccccc5n4)c3)c3ccccc3n2)cc1. The predicted octanol–water partition coefficient (Wildman–Crippen LogP) is 5.06. The number of hydrogen-bond acceptors (Lipinski definition) is 5. The van der Waals surface area contributed by atoms with Gasteiger partial charge in [0.25, 0.3) is 5.91 Å². The van der Waals surface area contributed by atoms with Gasteiger partial charge in [0.15, 0.2) is 0 Å². The van der Waals surface area contributed by atoms with Crippen LogP contribution in [0, 0.1) is 0 Å². The summed E-state index contributed by atoms with van der Waals surface area (Å²) in [6.07, 6.45) is 7.37. The van der Waals surface area contributed by atoms with Gasteiger partial charge in [-0.2, -0.15) is 5.10 Å². The first-order valence-electron chi connectivity index (χ1n) is 11.5. The molecule has 0 radical (unpaired) electrons. The van der Waals surface area contributed by atoms with E-state index in [1.807, 2.05) is 89.6 Å². The van der Waals surface area contributed by atoms with E-state index in [0.717, 1.165) is 33.6 Å². The fraction of sp³-hybridized carbons (Fsp3) is 0.0714. The number of nitrogens with zero attached hydrogens (tertiary/aromatic N) is 5. The summed E-state index contributed by atoms with van der Waals surface area (Å²) in [5.41, 5.74) is 5.27. The molecule has 8 heteroatoms. The lowest BCUT2D eigenvalue weighted by atomic mass is 10.0. The molecule has 6 rings (SSSR count). The maximum atomic E-state index is 13.4. The summed E-state index contributed by atoms with van der Waals surface area (Å²) in [5.74, 6) is 0.536. The van der Waals surface area contributed by atoms with Gasteiger partial charge >= 0.3 is 0 Å². The molecule has 0 bridgehead atoms. The van der Waals surface area contributed by atoms with E-state index >= 15 is 0 Å². The zero-order valence-corrected chi connectivity index (χ0v) is 19.5. The van der Waals surface area contributed by atoms with Crippen LogP contribution in [-0.2, 0) is 6.54 Å². The number of ether oxygens (including phenoxy) is 1. The summed E-state index contributed by atoms with van der Waals surface area (Å²) in [6.45, 7) is 0.497. The van der Waals surface area contributed by atoms with Crippen molar-refractivity contribution in [1.29, 1.82) is 0 Å². The number of methoxy groups -OCH3 is 1. The van der Waals surface area contributed by atoms with Crippen LogP contribution in [-0.4, -0.2) is 37.2 Å².